The molecule has 0 aliphatic carbocycles. The van der Waals surface area contributed by atoms with E-state index in [-0.39, 0.29) is 0 Å². The van der Waals surface area contributed by atoms with Gasteiger partial charge in [-0.2, -0.15) is 0 Å². The molecule has 0 amide bonds. The molecule has 0 unspecified atom stereocenters. The van der Waals surface area contributed by atoms with E-state index in [9.17, 15) is 0 Å². The third-order valence-electron chi connectivity index (χ3n) is 3.21. The predicted octanol–water partition coefficient (Wildman–Crippen LogP) is 5.04. The number of aryl methyl sites for hydroxylation is 1. The Hall–Kier alpha value is -0.680. The molecule has 0 saturated carbocycles. The third kappa shape index (κ3) is 5.55. The van der Waals surface area contributed by atoms with Crippen LogP contribution in [-0.2, 0) is 24.5 Å². The van der Waals surface area contributed by atoms with Crippen LogP contribution >= 0.6 is 27.3 Å². The Bertz CT molecular complexity index is 568. The monoisotopic (exact) mass is 367 g/mol. The highest BCUT2D eigenvalue weighted by molar-refractivity contribution is 9.10. The molecular formula is C17H22BrNOS. The maximum atomic E-state index is 5.85. The van der Waals surface area contributed by atoms with Crippen molar-refractivity contribution in [1.29, 1.82) is 0 Å². The second-order valence-corrected chi connectivity index (χ2v) is 7.35. The Kier molecular flexibility index (Phi) is 6.90. The van der Waals surface area contributed by atoms with Crippen LogP contribution in [0, 0.1) is 6.92 Å². The molecule has 0 bridgehead atoms. The van der Waals surface area contributed by atoms with Gasteiger partial charge in [-0.1, -0.05) is 35.0 Å². The van der Waals surface area contributed by atoms with Crippen molar-refractivity contribution in [1.82, 2.24) is 5.32 Å². The standard InChI is InChI=1S/C17H22BrNOS/c1-3-7-19-10-17-9-15(13(2)21-17)12-20-11-14-5-4-6-16(18)8-14/h4-6,8-9,19H,3,7,10-12H2,1-2H3. The summed E-state index contributed by atoms with van der Waals surface area (Å²) >= 11 is 5.35. The van der Waals surface area contributed by atoms with Crippen molar-refractivity contribution in [2.75, 3.05) is 6.54 Å². The zero-order valence-electron chi connectivity index (χ0n) is 12.6. The second kappa shape index (κ2) is 8.69. The number of hydrogen-bond donors (Lipinski definition) is 1. The van der Waals surface area contributed by atoms with Gasteiger partial charge in [-0.15, -0.1) is 11.3 Å². The van der Waals surface area contributed by atoms with Gasteiger partial charge in [0.05, 0.1) is 13.2 Å². The second-order valence-electron chi connectivity index (χ2n) is 5.09. The number of halogens is 1. The summed E-state index contributed by atoms with van der Waals surface area (Å²) in [6.07, 6.45) is 1.17. The molecular weight excluding hydrogens is 346 g/mol. The van der Waals surface area contributed by atoms with Crippen LogP contribution in [0.15, 0.2) is 34.8 Å². The summed E-state index contributed by atoms with van der Waals surface area (Å²) in [5.41, 5.74) is 2.50. The zero-order chi connectivity index (χ0) is 15.1. The highest BCUT2D eigenvalue weighted by atomic mass is 79.9. The number of ether oxygens (including phenoxy) is 1. The Morgan fingerprint density at radius 2 is 2.10 bits per heavy atom. The summed E-state index contributed by atoms with van der Waals surface area (Å²) < 4.78 is 6.94. The van der Waals surface area contributed by atoms with E-state index in [1.165, 1.54) is 27.3 Å². The Morgan fingerprint density at radius 1 is 1.24 bits per heavy atom. The van der Waals surface area contributed by atoms with Gasteiger partial charge in [-0.25, -0.2) is 0 Å². The van der Waals surface area contributed by atoms with Crippen LogP contribution < -0.4 is 5.32 Å². The molecule has 0 spiro atoms. The molecule has 2 aromatic rings. The molecule has 0 radical (unpaired) electrons. The van der Waals surface area contributed by atoms with Crippen molar-refractivity contribution in [3.8, 4) is 0 Å². The first-order chi connectivity index (χ1) is 10.2. The third-order valence-corrected chi connectivity index (χ3v) is 4.80. The lowest BCUT2D eigenvalue weighted by molar-refractivity contribution is 0.107. The molecule has 4 heteroatoms. The molecule has 0 aliphatic heterocycles. The molecule has 1 aromatic heterocycles. The van der Waals surface area contributed by atoms with Crippen LogP contribution in [0.25, 0.3) is 0 Å². The van der Waals surface area contributed by atoms with Gasteiger partial charge in [0.1, 0.15) is 0 Å². The lowest BCUT2D eigenvalue weighted by Crippen LogP contribution is -2.12. The first-order valence-corrected chi connectivity index (χ1v) is 8.91. The summed E-state index contributed by atoms with van der Waals surface area (Å²) in [5, 5.41) is 3.44. The SMILES string of the molecule is CCCNCc1cc(COCc2cccc(Br)c2)c(C)s1. The van der Waals surface area contributed by atoms with Crippen molar-refractivity contribution < 1.29 is 4.74 Å². The van der Waals surface area contributed by atoms with Crippen LogP contribution in [-0.4, -0.2) is 6.54 Å². The van der Waals surface area contributed by atoms with E-state index in [2.05, 4.69) is 53.3 Å². The Labute approximate surface area is 139 Å². The topological polar surface area (TPSA) is 21.3 Å². The lowest BCUT2D eigenvalue weighted by Gasteiger charge is -2.04. The molecule has 2 rings (SSSR count). The Morgan fingerprint density at radius 3 is 2.86 bits per heavy atom. The normalized spacial score (nSPS) is 11.0. The fourth-order valence-corrected chi connectivity index (χ4v) is 3.58. The molecule has 2 nitrogen and oxygen atoms in total. The van der Waals surface area contributed by atoms with Crippen LogP contribution in [0.2, 0.25) is 0 Å². The first-order valence-electron chi connectivity index (χ1n) is 7.30. The van der Waals surface area contributed by atoms with E-state index in [1.807, 2.05) is 23.5 Å². The zero-order valence-corrected chi connectivity index (χ0v) is 15.0. The number of hydrogen-bond acceptors (Lipinski definition) is 3. The van der Waals surface area contributed by atoms with Crippen LogP contribution in [0.4, 0.5) is 0 Å². The van der Waals surface area contributed by atoms with Gasteiger partial charge in [-0.05, 0) is 49.2 Å². The van der Waals surface area contributed by atoms with Gasteiger partial charge in [0, 0.05) is 20.8 Å². The van der Waals surface area contributed by atoms with E-state index in [1.54, 1.807) is 0 Å². The van der Waals surface area contributed by atoms with Crippen molar-refractivity contribution in [3.63, 3.8) is 0 Å². The van der Waals surface area contributed by atoms with Crippen molar-refractivity contribution >= 4 is 27.3 Å². The quantitative estimate of drug-likeness (QED) is 0.660. The fraction of sp³-hybridized carbons (Fsp3) is 0.412. The molecule has 0 atom stereocenters. The van der Waals surface area contributed by atoms with E-state index in [0.717, 1.165) is 17.6 Å². The van der Waals surface area contributed by atoms with Crippen LogP contribution in [0.5, 0.6) is 0 Å². The van der Waals surface area contributed by atoms with Gasteiger partial charge in [-0.3, -0.25) is 0 Å². The molecule has 114 valence electrons. The molecule has 1 N–H and O–H groups in total. The van der Waals surface area contributed by atoms with Gasteiger partial charge < -0.3 is 10.1 Å². The highest BCUT2D eigenvalue weighted by Gasteiger charge is 2.05. The fourth-order valence-electron chi connectivity index (χ4n) is 2.11. The van der Waals surface area contributed by atoms with Crippen LogP contribution in [0.3, 0.4) is 0 Å². The van der Waals surface area contributed by atoms with Gasteiger partial charge in [0.2, 0.25) is 0 Å². The first kappa shape index (κ1) is 16.7. The summed E-state index contributed by atoms with van der Waals surface area (Å²) in [5.74, 6) is 0. The lowest BCUT2D eigenvalue weighted by atomic mass is 10.2. The summed E-state index contributed by atoms with van der Waals surface area (Å²) in [6, 6.07) is 10.5. The number of benzene rings is 1. The number of nitrogens with one attached hydrogen (secondary N) is 1. The van der Waals surface area contributed by atoms with Gasteiger partial charge >= 0.3 is 0 Å². The van der Waals surface area contributed by atoms with Crippen LogP contribution in [0.1, 0.15) is 34.2 Å². The van der Waals surface area contributed by atoms with Crippen molar-refractivity contribution in [2.24, 2.45) is 0 Å². The maximum absolute atomic E-state index is 5.85. The average Bonchev–Trinajstić information content (AvgIpc) is 2.80. The van der Waals surface area contributed by atoms with Crippen molar-refractivity contribution in [3.05, 3.63) is 55.7 Å². The summed E-state index contributed by atoms with van der Waals surface area (Å²) in [4.78, 5) is 2.75. The minimum absolute atomic E-state index is 0.651. The van der Waals surface area contributed by atoms with Gasteiger partial charge in [0.15, 0.2) is 0 Å². The average molecular weight is 368 g/mol. The molecule has 1 aromatic carbocycles. The Balaban J connectivity index is 1.82. The number of rotatable bonds is 8. The van der Waals surface area contributed by atoms with Gasteiger partial charge in [0.25, 0.3) is 0 Å². The van der Waals surface area contributed by atoms with E-state index in [4.69, 9.17) is 4.74 Å². The summed E-state index contributed by atoms with van der Waals surface area (Å²) in [6.45, 7) is 7.73. The maximum Gasteiger partial charge on any atom is 0.0732 e. The number of thiophene rings is 1. The van der Waals surface area contributed by atoms with E-state index >= 15 is 0 Å². The summed E-state index contributed by atoms with van der Waals surface area (Å²) in [7, 11) is 0. The molecule has 0 saturated heterocycles. The smallest absolute Gasteiger partial charge is 0.0732 e. The minimum atomic E-state index is 0.651. The van der Waals surface area contributed by atoms with E-state index < -0.39 is 0 Å². The van der Waals surface area contributed by atoms with E-state index in [0.29, 0.717) is 13.2 Å². The minimum Gasteiger partial charge on any atom is -0.372 e. The molecule has 21 heavy (non-hydrogen) atoms. The molecule has 0 fully saturated rings. The molecule has 0 aliphatic rings. The predicted molar refractivity (Wildman–Crippen MR) is 93.7 cm³/mol. The highest BCUT2D eigenvalue weighted by Crippen LogP contribution is 2.23. The molecule has 1 heterocycles. The van der Waals surface area contributed by atoms with Crippen molar-refractivity contribution in [2.45, 2.75) is 40.0 Å². The largest absolute Gasteiger partial charge is 0.372 e.